The maximum Gasteiger partial charge on any atom is 0.407 e. The second kappa shape index (κ2) is 14.3. The summed E-state index contributed by atoms with van der Waals surface area (Å²) in [5.41, 5.74) is 3.47. The van der Waals surface area contributed by atoms with Crippen LogP contribution in [0.3, 0.4) is 0 Å². The molecule has 5 rings (SSSR count). The number of alkyl carbamates (subject to hydrolysis) is 1. The number of ether oxygens (including phenoxy) is 1. The van der Waals surface area contributed by atoms with E-state index in [4.69, 9.17) is 4.74 Å². The number of imidazole rings is 2. The van der Waals surface area contributed by atoms with E-state index in [1.165, 1.54) is 7.11 Å². The summed E-state index contributed by atoms with van der Waals surface area (Å²) in [6, 6.07) is 5.92. The first-order valence-corrected chi connectivity index (χ1v) is 16.1. The fraction of sp³-hybridized carbons (Fsp3) is 0.515. The van der Waals surface area contributed by atoms with E-state index in [2.05, 4.69) is 30.6 Å². The molecule has 2 saturated heterocycles. The Morgan fingerprint density at radius 2 is 1.21 bits per heavy atom. The standard InChI is InChI=1S/C33H44N8O6/c1-18(2)26(38-32(44)45)30(42)40-14-6-8-24(40)28-34-16-22(36-28)20-10-12-21(13-11-20)23-17-35-29(37-23)25-9-7-15-41(25)31(43)27(19(3)4)39-33(46)47-5/h10-13,16-19,24-27,38H,6-9,14-15H2,1-5H3,(H,34,36)(H,35,37)(H,39,46)(H,44,45). The monoisotopic (exact) mass is 648 g/mol. The highest BCUT2D eigenvalue weighted by molar-refractivity contribution is 5.87. The summed E-state index contributed by atoms with van der Waals surface area (Å²) in [4.78, 5) is 69.5. The third-order valence-corrected chi connectivity index (χ3v) is 9.00. The molecule has 2 aromatic heterocycles. The number of hydrogen-bond donors (Lipinski definition) is 5. The predicted octanol–water partition coefficient (Wildman–Crippen LogP) is 4.47. The zero-order valence-corrected chi connectivity index (χ0v) is 27.4. The van der Waals surface area contributed by atoms with Crippen LogP contribution in [0.1, 0.15) is 77.1 Å². The van der Waals surface area contributed by atoms with Crippen molar-refractivity contribution in [3.05, 3.63) is 48.3 Å². The van der Waals surface area contributed by atoms with Crippen LogP contribution in [0.25, 0.3) is 22.5 Å². The van der Waals surface area contributed by atoms with E-state index in [1.54, 1.807) is 22.2 Å². The van der Waals surface area contributed by atoms with Crippen LogP contribution in [0.2, 0.25) is 0 Å². The van der Waals surface area contributed by atoms with E-state index in [1.807, 2.05) is 52.0 Å². The van der Waals surface area contributed by atoms with Crippen LogP contribution in [-0.2, 0) is 14.3 Å². The molecule has 2 fully saturated rings. The number of aromatic nitrogens is 4. The van der Waals surface area contributed by atoms with E-state index < -0.39 is 24.3 Å². The lowest BCUT2D eigenvalue weighted by atomic mass is 10.0. The number of rotatable bonds is 10. The van der Waals surface area contributed by atoms with Crippen molar-refractivity contribution < 1.29 is 29.0 Å². The van der Waals surface area contributed by atoms with Gasteiger partial charge in [-0.2, -0.15) is 0 Å². The summed E-state index contributed by atoms with van der Waals surface area (Å²) < 4.78 is 4.73. The van der Waals surface area contributed by atoms with Crippen molar-refractivity contribution in [2.75, 3.05) is 20.2 Å². The molecule has 14 heteroatoms. The van der Waals surface area contributed by atoms with Crippen molar-refractivity contribution in [1.29, 1.82) is 0 Å². The van der Waals surface area contributed by atoms with Crippen LogP contribution in [0.15, 0.2) is 36.7 Å². The molecule has 3 aromatic rings. The van der Waals surface area contributed by atoms with E-state index >= 15 is 0 Å². The summed E-state index contributed by atoms with van der Waals surface area (Å²) in [6.45, 7) is 8.54. The largest absolute Gasteiger partial charge is 0.465 e. The van der Waals surface area contributed by atoms with Gasteiger partial charge in [0.2, 0.25) is 11.8 Å². The van der Waals surface area contributed by atoms with Crippen LogP contribution in [-0.4, -0.2) is 91.1 Å². The van der Waals surface area contributed by atoms with Crippen molar-refractivity contribution in [2.24, 2.45) is 11.8 Å². The number of carboxylic acid groups (broad SMARTS) is 1. The van der Waals surface area contributed by atoms with Crippen LogP contribution < -0.4 is 10.6 Å². The Morgan fingerprint density at radius 1 is 0.787 bits per heavy atom. The zero-order chi connectivity index (χ0) is 33.8. The maximum absolute atomic E-state index is 13.5. The van der Waals surface area contributed by atoms with Crippen LogP contribution in [0, 0.1) is 11.8 Å². The van der Waals surface area contributed by atoms with Crippen molar-refractivity contribution in [2.45, 2.75) is 77.5 Å². The molecule has 0 saturated carbocycles. The van der Waals surface area contributed by atoms with Crippen molar-refractivity contribution >= 4 is 24.0 Å². The molecule has 5 N–H and O–H groups in total. The lowest BCUT2D eigenvalue weighted by Crippen LogP contribution is -2.51. The molecule has 0 aliphatic carbocycles. The SMILES string of the molecule is COC(=O)NC(C(=O)N1CCCC1c1ncc(-c2ccc(-c3cnc(C4CCCN4C(=O)C(NC(=O)O)C(C)C)[nH]3)cc2)[nH]1)C(C)C. The summed E-state index contributed by atoms with van der Waals surface area (Å²) >= 11 is 0. The quantitative estimate of drug-likeness (QED) is 0.213. The summed E-state index contributed by atoms with van der Waals surface area (Å²) in [7, 11) is 1.28. The topological polar surface area (TPSA) is 186 Å². The summed E-state index contributed by atoms with van der Waals surface area (Å²) in [5, 5.41) is 14.3. The van der Waals surface area contributed by atoms with Gasteiger partial charge in [-0.15, -0.1) is 0 Å². The highest BCUT2D eigenvalue weighted by Crippen LogP contribution is 2.35. The van der Waals surface area contributed by atoms with Gasteiger partial charge in [-0.3, -0.25) is 9.59 Å². The minimum atomic E-state index is -1.22. The van der Waals surface area contributed by atoms with Crippen LogP contribution in [0.5, 0.6) is 0 Å². The second-order valence-electron chi connectivity index (χ2n) is 12.8. The highest BCUT2D eigenvalue weighted by atomic mass is 16.5. The maximum atomic E-state index is 13.5. The molecule has 4 unspecified atom stereocenters. The Morgan fingerprint density at radius 3 is 1.60 bits per heavy atom. The molecule has 4 heterocycles. The summed E-state index contributed by atoms with van der Waals surface area (Å²) in [6.07, 6.45) is 4.80. The number of likely N-dealkylation sites (tertiary alicyclic amines) is 2. The fourth-order valence-electron chi connectivity index (χ4n) is 6.47. The van der Waals surface area contributed by atoms with Gasteiger partial charge in [0.1, 0.15) is 23.7 Å². The number of aromatic amines is 2. The number of amides is 4. The molecule has 0 spiro atoms. The van der Waals surface area contributed by atoms with E-state index in [0.717, 1.165) is 48.2 Å². The zero-order valence-electron chi connectivity index (χ0n) is 27.4. The Labute approximate surface area is 273 Å². The average Bonchev–Trinajstić information content (AvgIpc) is 3.87. The lowest BCUT2D eigenvalue weighted by molar-refractivity contribution is -0.136. The van der Waals surface area contributed by atoms with Gasteiger partial charge in [-0.25, -0.2) is 19.6 Å². The molecule has 252 valence electrons. The Balaban J connectivity index is 1.27. The minimum absolute atomic E-state index is 0.114. The number of nitrogens with one attached hydrogen (secondary N) is 4. The highest BCUT2D eigenvalue weighted by Gasteiger charge is 2.38. The van der Waals surface area contributed by atoms with Gasteiger partial charge in [-0.1, -0.05) is 52.0 Å². The predicted molar refractivity (Wildman–Crippen MR) is 173 cm³/mol. The number of methoxy groups -OCH3 is 1. The number of carbonyl (C=O) groups excluding carboxylic acids is 3. The molecular formula is C33H44N8O6. The molecule has 14 nitrogen and oxygen atoms in total. The van der Waals surface area contributed by atoms with E-state index in [9.17, 15) is 24.3 Å². The van der Waals surface area contributed by atoms with Crippen LogP contribution in [0.4, 0.5) is 9.59 Å². The van der Waals surface area contributed by atoms with Gasteiger partial charge in [0.15, 0.2) is 0 Å². The van der Waals surface area contributed by atoms with Gasteiger partial charge in [0, 0.05) is 13.1 Å². The fourth-order valence-corrected chi connectivity index (χ4v) is 6.47. The average molecular weight is 649 g/mol. The molecule has 47 heavy (non-hydrogen) atoms. The molecular weight excluding hydrogens is 604 g/mol. The minimum Gasteiger partial charge on any atom is -0.465 e. The molecule has 0 bridgehead atoms. The normalized spacial score (nSPS) is 19.2. The van der Waals surface area contributed by atoms with Crippen LogP contribution >= 0.6 is 0 Å². The molecule has 1 aromatic carbocycles. The molecule has 0 radical (unpaired) electrons. The van der Waals surface area contributed by atoms with Gasteiger partial charge in [0.05, 0.1) is 43.0 Å². The third kappa shape index (κ3) is 7.26. The molecule has 4 atom stereocenters. The van der Waals surface area contributed by atoms with E-state index in [0.29, 0.717) is 24.7 Å². The number of carbonyl (C=O) groups is 4. The smallest absolute Gasteiger partial charge is 0.407 e. The first-order valence-electron chi connectivity index (χ1n) is 16.1. The third-order valence-electron chi connectivity index (χ3n) is 9.00. The summed E-state index contributed by atoms with van der Waals surface area (Å²) in [5.74, 6) is 0.663. The number of nitrogens with zero attached hydrogens (tertiary/aromatic N) is 4. The Kier molecular flexibility index (Phi) is 10.2. The van der Waals surface area contributed by atoms with Crippen molar-refractivity contribution in [3.63, 3.8) is 0 Å². The number of H-pyrrole nitrogens is 2. The lowest BCUT2D eigenvalue weighted by Gasteiger charge is -2.30. The van der Waals surface area contributed by atoms with E-state index in [-0.39, 0.29) is 35.7 Å². The van der Waals surface area contributed by atoms with Gasteiger partial charge in [0.25, 0.3) is 0 Å². The van der Waals surface area contributed by atoms with Crippen molar-refractivity contribution in [1.82, 2.24) is 40.4 Å². The second-order valence-corrected chi connectivity index (χ2v) is 12.8. The number of benzene rings is 1. The molecule has 4 amide bonds. The molecule has 2 aliphatic rings. The first-order chi connectivity index (χ1) is 22.5. The van der Waals surface area contributed by atoms with Crippen molar-refractivity contribution in [3.8, 4) is 22.5 Å². The number of hydrogen-bond acceptors (Lipinski definition) is 7. The van der Waals surface area contributed by atoms with Gasteiger partial charge < -0.3 is 40.2 Å². The first kappa shape index (κ1) is 33.5. The Bertz CT molecular complexity index is 1580. The van der Waals surface area contributed by atoms with Gasteiger partial charge >= 0.3 is 12.2 Å². The van der Waals surface area contributed by atoms with Gasteiger partial charge in [-0.05, 0) is 48.6 Å². The molecule has 2 aliphatic heterocycles. The Hall–Kier alpha value is -4.88.